The molecule has 0 N–H and O–H groups in total. The molecule has 7 rings (SSSR count). The summed E-state index contributed by atoms with van der Waals surface area (Å²) < 4.78 is 75.6. The van der Waals surface area contributed by atoms with E-state index in [4.69, 9.17) is 4.52 Å². The van der Waals surface area contributed by atoms with Crippen molar-refractivity contribution in [2.45, 2.75) is 44.2 Å². The molecule has 1 spiro atoms. The zero-order chi connectivity index (χ0) is 26.9. The number of hydrogen-bond donors (Lipinski definition) is 0. The van der Waals surface area contributed by atoms with Gasteiger partial charge in [-0.15, -0.1) is 0 Å². The maximum Gasteiger partial charge on any atom is 0.417 e. The normalized spacial score (nSPS) is 18.9. The molecule has 0 amide bonds. The van der Waals surface area contributed by atoms with Crippen LogP contribution >= 0.6 is 0 Å². The van der Waals surface area contributed by atoms with Crippen LogP contribution in [0.15, 0.2) is 59.3 Å². The molecule has 4 nitrogen and oxygen atoms in total. The van der Waals surface area contributed by atoms with Crippen molar-refractivity contribution < 1.29 is 26.5 Å². The SMILES string of the molecule is Fc1cccc(F)c1-c1noc(C2CC2)c1C1=CC2(CCN(c3ccc4nccc(C(F)(F)F)c4c3)CC2)C1. The molecular weight excluding hydrogens is 513 g/mol. The smallest absolute Gasteiger partial charge is 0.371 e. The van der Waals surface area contributed by atoms with Crippen molar-refractivity contribution in [1.29, 1.82) is 0 Å². The lowest BCUT2D eigenvalue weighted by Gasteiger charge is -2.47. The molecule has 9 heteroatoms. The highest BCUT2D eigenvalue weighted by atomic mass is 19.4. The lowest BCUT2D eigenvalue weighted by Crippen LogP contribution is -2.42. The van der Waals surface area contributed by atoms with E-state index in [0.717, 1.165) is 55.0 Å². The molecule has 2 aromatic heterocycles. The van der Waals surface area contributed by atoms with Crippen LogP contribution in [0.4, 0.5) is 27.6 Å². The fourth-order valence-corrected chi connectivity index (χ4v) is 6.12. The molecule has 0 bridgehead atoms. The minimum absolute atomic E-state index is 0.0650. The lowest BCUT2D eigenvalue weighted by molar-refractivity contribution is -0.136. The van der Waals surface area contributed by atoms with Crippen LogP contribution in [-0.4, -0.2) is 23.2 Å². The summed E-state index contributed by atoms with van der Waals surface area (Å²) in [6.45, 7) is 1.37. The molecule has 39 heavy (non-hydrogen) atoms. The van der Waals surface area contributed by atoms with Crippen molar-refractivity contribution in [2.75, 3.05) is 18.0 Å². The van der Waals surface area contributed by atoms with Crippen molar-refractivity contribution in [3.8, 4) is 11.3 Å². The largest absolute Gasteiger partial charge is 0.417 e. The van der Waals surface area contributed by atoms with Gasteiger partial charge in [-0.1, -0.05) is 17.3 Å². The van der Waals surface area contributed by atoms with Crippen LogP contribution in [0.25, 0.3) is 27.7 Å². The summed E-state index contributed by atoms with van der Waals surface area (Å²) >= 11 is 0. The first-order valence-corrected chi connectivity index (χ1v) is 13.1. The summed E-state index contributed by atoms with van der Waals surface area (Å²) in [7, 11) is 0. The number of allylic oxidation sites excluding steroid dienone is 2. The van der Waals surface area contributed by atoms with Gasteiger partial charge in [-0.05, 0) is 79.5 Å². The van der Waals surface area contributed by atoms with E-state index in [9.17, 15) is 22.0 Å². The van der Waals surface area contributed by atoms with Crippen molar-refractivity contribution in [1.82, 2.24) is 10.1 Å². The van der Waals surface area contributed by atoms with Crippen LogP contribution in [0.5, 0.6) is 0 Å². The third-order valence-corrected chi connectivity index (χ3v) is 8.37. The van der Waals surface area contributed by atoms with E-state index in [0.29, 0.717) is 24.4 Å². The number of alkyl halides is 3. The monoisotopic (exact) mass is 537 g/mol. The number of benzene rings is 2. The Kier molecular flexibility index (Phi) is 5.38. The molecule has 0 radical (unpaired) electrons. The Bertz CT molecular complexity index is 1610. The second-order valence-electron chi connectivity index (χ2n) is 10.9. The van der Waals surface area contributed by atoms with Crippen LogP contribution in [0.1, 0.15) is 54.9 Å². The van der Waals surface area contributed by atoms with Crippen LogP contribution in [0.3, 0.4) is 0 Å². The third-order valence-electron chi connectivity index (χ3n) is 8.37. The predicted molar refractivity (Wildman–Crippen MR) is 137 cm³/mol. The van der Waals surface area contributed by atoms with Crippen LogP contribution in [0, 0.1) is 17.0 Å². The number of anilines is 1. The van der Waals surface area contributed by atoms with Gasteiger partial charge in [0.1, 0.15) is 23.1 Å². The van der Waals surface area contributed by atoms with Crippen molar-refractivity contribution >= 4 is 22.2 Å². The quantitative estimate of drug-likeness (QED) is 0.247. The summed E-state index contributed by atoms with van der Waals surface area (Å²) in [5.41, 5.74) is 2.08. The molecule has 0 unspecified atom stereocenters. The Morgan fingerprint density at radius 1 is 0.949 bits per heavy atom. The van der Waals surface area contributed by atoms with Gasteiger partial charge in [-0.3, -0.25) is 4.98 Å². The molecule has 2 aromatic carbocycles. The van der Waals surface area contributed by atoms with Gasteiger partial charge in [-0.2, -0.15) is 13.2 Å². The van der Waals surface area contributed by atoms with Crippen molar-refractivity contribution in [3.05, 3.63) is 83.3 Å². The summed E-state index contributed by atoms with van der Waals surface area (Å²) in [5.74, 6) is -0.418. The average molecular weight is 538 g/mol. The lowest BCUT2D eigenvalue weighted by atomic mass is 9.63. The second kappa shape index (κ2) is 8.63. The molecule has 3 heterocycles. The Hall–Kier alpha value is -3.75. The van der Waals surface area contributed by atoms with E-state index >= 15 is 0 Å². The zero-order valence-corrected chi connectivity index (χ0v) is 20.9. The molecule has 1 saturated heterocycles. The first-order valence-electron chi connectivity index (χ1n) is 13.1. The number of pyridine rings is 1. The number of piperidine rings is 1. The average Bonchev–Trinajstić information content (AvgIpc) is 3.65. The van der Waals surface area contributed by atoms with Gasteiger partial charge in [0, 0.05) is 41.8 Å². The number of rotatable bonds is 4. The van der Waals surface area contributed by atoms with Gasteiger partial charge in [0.25, 0.3) is 0 Å². The van der Waals surface area contributed by atoms with Crippen LogP contribution < -0.4 is 4.90 Å². The second-order valence-corrected chi connectivity index (χ2v) is 10.9. The topological polar surface area (TPSA) is 42.2 Å². The minimum atomic E-state index is -4.45. The highest BCUT2D eigenvalue weighted by Gasteiger charge is 2.44. The number of fused-ring (bicyclic) bond motifs is 1. The van der Waals surface area contributed by atoms with Crippen LogP contribution in [-0.2, 0) is 6.18 Å². The number of aromatic nitrogens is 2. The molecule has 2 aliphatic carbocycles. The van der Waals surface area contributed by atoms with E-state index < -0.39 is 23.4 Å². The van der Waals surface area contributed by atoms with Crippen molar-refractivity contribution in [3.63, 3.8) is 0 Å². The Morgan fingerprint density at radius 3 is 2.33 bits per heavy atom. The molecule has 4 aromatic rings. The van der Waals surface area contributed by atoms with E-state index in [1.165, 1.54) is 24.4 Å². The summed E-state index contributed by atoms with van der Waals surface area (Å²) in [5, 5.41) is 4.22. The van der Waals surface area contributed by atoms with Gasteiger partial charge < -0.3 is 9.42 Å². The van der Waals surface area contributed by atoms with Gasteiger partial charge >= 0.3 is 6.18 Å². The van der Waals surface area contributed by atoms with Crippen molar-refractivity contribution in [2.24, 2.45) is 5.41 Å². The Labute approximate surface area is 221 Å². The fourth-order valence-electron chi connectivity index (χ4n) is 6.12. The number of hydrogen-bond acceptors (Lipinski definition) is 4. The molecule has 2 fully saturated rings. The molecular formula is C30H24F5N3O. The maximum absolute atomic E-state index is 14.7. The maximum atomic E-state index is 14.7. The minimum Gasteiger partial charge on any atom is -0.371 e. The summed E-state index contributed by atoms with van der Waals surface area (Å²) in [6, 6.07) is 9.84. The van der Waals surface area contributed by atoms with Gasteiger partial charge in [0.15, 0.2) is 0 Å². The Morgan fingerprint density at radius 2 is 1.67 bits per heavy atom. The highest BCUT2D eigenvalue weighted by Crippen LogP contribution is 2.56. The van der Waals surface area contributed by atoms with Gasteiger partial charge in [-0.25, -0.2) is 8.78 Å². The highest BCUT2D eigenvalue weighted by molar-refractivity contribution is 5.87. The van der Waals surface area contributed by atoms with E-state index in [1.54, 1.807) is 12.1 Å². The third kappa shape index (κ3) is 4.10. The Balaban J connectivity index is 1.15. The van der Waals surface area contributed by atoms with E-state index in [2.05, 4.69) is 21.1 Å². The van der Waals surface area contributed by atoms with E-state index in [1.807, 2.05) is 6.07 Å². The fraction of sp³-hybridized carbons (Fsp3) is 0.333. The van der Waals surface area contributed by atoms with Gasteiger partial charge in [0.05, 0.1) is 16.6 Å². The number of nitrogens with zero attached hydrogens (tertiary/aromatic N) is 3. The van der Waals surface area contributed by atoms with Crippen LogP contribution in [0.2, 0.25) is 0 Å². The molecule has 1 aliphatic heterocycles. The summed E-state index contributed by atoms with van der Waals surface area (Å²) in [4.78, 5) is 6.21. The first-order chi connectivity index (χ1) is 18.7. The molecule has 1 saturated carbocycles. The zero-order valence-electron chi connectivity index (χ0n) is 20.9. The van der Waals surface area contributed by atoms with Gasteiger partial charge in [0.2, 0.25) is 0 Å². The predicted octanol–water partition coefficient (Wildman–Crippen LogP) is 8.14. The molecule has 3 aliphatic rings. The first kappa shape index (κ1) is 24.3. The van der Waals surface area contributed by atoms with E-state index in [-0.39, 0.29) is 28.0 Å². The molecule has 200 valence electrons. The molecule has 0 atom stereocenters. The number of halogens is 5. The summed E-state index contributed by atoms with van der Waals surface area (Å²) in [6.07, 6.45) is 3.24. The standard InChI is InChI=1S/C30H24F5N3O/c31-22-2-1-3-23(32)26(22)27-25(28(39-37-27)17-4-5-17)18-15-29(16-18)9-12-38(13-10-29)19-6-7-24-20(14-19)21(8-11-36-24)30(33,34)35/h1-3,6-8,11,14-15,17H,4-5,9-10,12-13,16H2.